The van der Waals surface area contributed by atoms with E-state index in [1.54, 1.807) is 12.1 Å². The molecule has 4 rings (SSSR count). The number of nitrogens with zero attached hydrogens (tertiary/aromatic N) is 2. The lowest BCUT2D eigenvalue weighted by atomic mass is 9.95. The zero-order chi connectivity index (χ0) is 23.7. The van der Waals surface area contributed by atoms with Gasteiger partial charge in [-0.15, -0.1) is 0 Å². The van der Waals surface area contributed by atoms with Crippen LogP contribution in [0, 0.1) is 15.9 Å². The third-order valence-electron chi connectivity index (χ3n) is 5.27. The third kappa shape index (κ3) is 3.93. The minimum absolute atomic E-state index is 0.0558. The summed E-state index contributed by atoms with van der Waals surface area (Å²) in [6.07, 6.45) is 1.40. The van der Waals surface area contributed by atoms with E-state index in [9.17, 15) is 29.2 Å². The molecule has 9 nitrogen and oxygen atoms in total. The second-order valence-corrected chi connectivity index (χ2v) is 7.21. The molecule has 0 radical (unpaired) electrons. The molecule has 10 heteroatoms. The number of hydrogen-bond donors (Lipinski definition) is 1. The van der Waals surface area contributed by atoms with Crippen LogP contribution in [0.25, 0.3) is 5.76 Å². The van der Waals surface area contributed by atoms with Gasteiger partial charge in [0.2, 0.25) is 0 Å². The van der Waals surface area contributed by atoms with E-state index < -0.39 is 34.2 Å². The molecule has 1 saturated heterocycles. The summed E-state index contributed by atoms with van der Waals surface area (Å²) in [6.45, 7) is -0.126. The van der Waals surface area contributed by atoms with Gasteiger partial charge in [-0.25, -0.2) is 4.39 Å². The summed E-state index contributed by atoms with van der Waals surface area (Å²) in [4.78, 5) is 37.7. The average Bonchev–Trinajstić information content (AvgIpc) is 3.41. The number of aliphatic hydroxyl groups excluding tert-OH is 1. The van der Waals surface area contributed by atoms with E-state index in [1.165, 1.54) is 49.8 Å². The highest BCUT2D eigenvalue weighted by Gasteiger charge is 2.46. The van der Waals surface area contributed by atoms with Crippen LogP contribution < -0.4 is 4.74 Å². The third-order valence-corrected chi connectivity index (χ3v) is 5.27. The molecule has 2 aromatic carbocycles. The number of rotatable bonds is 6. The first-order valence-corrected chi connectivity index (χ1v) is 9.71. The Bertz CT molecular complexity index is 1280. The zero-order valence-corrected chi connectivity index (χ0v) is 17.2. The standard InChI is InChI=1S/C23H17FN2O7/c1-32-18-8-7-14(11-17(18)24)21(27)19-20(13-4-2-5-15(10-13)26(30)31)25(23(29)22(19)28)12-16-6-3-9-33-16/h2-11,20,27H,12H2,1H3/t20-/m0/s1. The molecule has 0 unspecified atom stereocenters. The molecule has 2 heterocycles. The lowest BCUT2D eigenvalue weighted by Gasteiger charge is -2.24. The molecule has 0 spiro atoms. The quantitative estimate of drug-likeness (QED) is 0.197. The van der Waals surface area contributed by atoms with Crippen LogP contribution in [-0.2, 0) is 16.1 Å². The Kier molecular flexibility index (Phi) is 5.65. The molecule has 1 aliphatic heterocycles. The van der Waals surface area contributed by atoms with Gasteiger partial charge in [0, 0.05) is 17.7 Å². The summed E-state index contributed by atoms with van der Waals surface area (Å²) < 4.78 is 24.4. The van der Waals surface area contributed by atoms with Crippen LogP contribution in [0.3, 0.4) is 0 Å². The number of carbonyl (C=O) groups excluding carboxylic acids is 2. The van der Waals surface area contributed by atoms with Crippen LogP contribution in [0.2, 0.25) is 0 Å². The van der Waals surface area contributed by atoms with Gasteiger partial charge >= 0.3 is 0 Å². The Labute approximate surface area is 186 Å². The van der Waals surface area contributed by atoms with Crippen molar-refractivity contribution in [2.24, 2.45) is 0 Å². The van der Waals surface area contributed by atoms with Crippen molar-refractivity contribution in [3.05, 3.63) is 99.3 Å². The molecule has 33 heavy (non-hydrogen) atoms. The van der Waals surface area contributed by atoms with Crippen molar-refractivity contribution in [3.8, 4) is 5.75 Å². The maximum atomic E-state index is 14.3. The van der Waals surface area contributed by atoms with Gasteiger partial charge in [-0.1, -0.05) is 12.1 Å². The van der Waals surface area contributed by atoms with Gasteiger partial charge in [0.15, 0.2) is 11.6 Å². The van der Waals surface area contributed by atoms with Crippen molar-refractivity contribution in [3.63, 3.8) is 0 Å². The van der Waals surface area contributed by atoms with Crippen molar-refractivity contribution in [1.29, 1.82) is 0 Å². The normalized spacial score (nSPS) is 17.4. The Balaban J connectivity index is 1.89. The van der Waals surface area contributed by atoms with E-state index in [2.05, 4.69) is 0 Å². The summed E-state index contributed by atoms with van der Waals surface area (Å²) in [5.74, 6) is -3.04. The zero-order valence-electron chi connectivity index (χ0n) is 17.2. The highest BCUT2D eigenvalue weighted by atomic mass is 19.1. The predicted molar refractivity (Wildman–Crippen MR) is 113 cm³/mol. The fourth-order valence-electron chi connectivity index (χ4n) is 3.74. The van der Waals surface area contributed by atoms with Crippen molar-refractivity contribution >= 4 is 23.1 Å². The van der Waals surface area contributed by atoms with Crippen molar-refractivity contribution in [1.82, 2.24) is 4.90 Å². The van der Waals surface area contributed by atoms with E-state index in [-0.39, 0.29) is 34.7 Å². The summed E-state index contributed by atoms with van der Waals surface area (Å²) in [6, 6.07) is 11.0. The maximum absolute atomic E-state index is 14.3. The number of ether oxygens (including phenoxy) is 1. The number of methoxy groups -OCH3 is 1. The molecule has 0 bridgehead atoms. The Morgan fingerprint density at radius 1 is 1.21 bits per heavy atom. The average molecular weight is 452 g/mol. The summed E-state index contributed by atoms with van der Waals surface area (Å²) >= 11 is 0. The topological polar surface area (TPSA) is 123 Å². The Morgan fingerprint density at radius 2 is 2.00 bits per heavy atom. The van der Waals surface area contributed by atoms with E-state index in [0.29, 0.717) is 5.76 Å². The second kappa shape index (κ2) is 8.58. The molecule has 1 amide bonds. The first kappa shape index (κ1) is 21.8. The number of Topliss-reactive ketones (excluding diaryl/α,β-unsaturated/α-hetero) is 1. The second-order valence-electron chi connectivity index (χ2n) is 7.21. The van der Waals surface area contributed by atoms with E-state index in [0.717, 1.165) is 11.0 Å². The lowest BCUT2D eigenvalue weighted by Crippen LogP contribution is -2.29. The smallest absolute Gasteiger partial charge is 0.296 e. The molecule has 1 atom stereocenters. The number of nitro groups is 1. The molecule has 1 fully saturated rings. The fourth-order valence-corrected chi connectivity index (χ4v) is 3.74. The largest absolute Gasteiger partial charge is 0.507 e. The van der Waals surface area contributed by atoms with Gasteiger partial charge in [-0.3, -0.25) is 19.7 Å². The van der Waals surface area contributed by atoms with E-state index >= 15 is 0 Å². The lowest BCUT2D eigenvalue weighted by molar-refractivity contribution is -0.384. The highest BCUT2D eigenvalue weighted by Crippen LogP contribution is 2.41. The van der Waals surface area contributed by atoms with Gasteiger partial charge in [-0.05, 0) is 35.9 Å². The summed E-state index contributed by atoms with van der Waals surface area (Å²) in [5.41, 5.74) is -0.409. The van der Waals surface area contributed by atoms with Crippen LogP contribution in [0.1, 0.15) is 22.9 Å². The number of benzene rings is 2. The number of amides is 1. The number of non-ortho nitro benzene ring substituents is 1. The minimum atomic E-state index is -1.17. The Morgan fingerprint density at radius 3 is 2.64 bits per heavy atom. The molecular formula is C23H17FN2O7. The number of carbonyl (C=O) groups is 2. The SMILES string of the molecule is COc1ccc(C(O)=C2C(=O)C(=O)N(Cc3ccco3)[C@H]2c2cccc([N+](=O)[O-])c2)cc1F. The maximum Gasteiger partial charge on any atom is 0.296 e. The van der Waals surface area contributed by atoms with Crippen molar-refractivity contribution < 1.29 is 33.2 Å². The van der Waals surface area contributed by atoms with Crippen LogP contribution in [0.5, 0.6) is 5.75 Å². The van der Waals surface area contributed by atoms with Gasteiger partial charge < -0.3 is 19.2 Å². The number of halogens is 1. The van der Waals surface area contributed by atoms with Gasteiger partial charge in [0.05, 0.1) is 36.5 Å². The number of ketones is 1. The van der Waals surface area contributed by atoms with Crippen molar-refractivity contribution in [2.45, 2.75) is 12.6 Å². The first-order valence-electron chi connectivity index (χ1n) is 9.71. The molecule has 1 aliphatic rings. The minimum Gasteiger partial charge on any atom is -0.507 e. The van der Waals surface area contributed by atoms with Crippen LogP contribution >= 0.6 is 0 Å². The molecular weight excluding hydrogens is 435 g/mol. The predicted octanol–water partition coefficient (Wildman–Crippen LogP) is 3.96. The van der Waals surface area contributed by atoms with Crippen molar-refractivity contribution in [2.75, 3.05) is 7.11 Å². The van der Waals surface area contributed by atoms with Gasteiger partial charge in [-0.2, -0.15) is 0 Å². The van der Waals surface area contributed by atoms with Gasteiger partial charge in [0.1, 0.15) is 11.5 Å². The first-order chi connectivity index (χ1) is 15.8. The summed E-state index contributed by atoms with van der Waals surface area (Å²) in [5, 5.41) is 22.3. The highest BCUT2D eigenvalue weighted by molar-refractivity contribution is 6.46. The van der Waals surface area contributed by atoms with E-state index in [1.807, 2.05) is 0 Å². The molecule has 168 valence electrons. The van der Waals surface area contributed by atoms with E-state index in [4.69, 9.17) is 9.15 Å². The number of nitro benzene ring substituents is 1. The summed E-state index contributed by atoms with van der Waals surface area (Å²) in [7, 11) is 1.28. The van der Waals surface area contributed by atoms with Crippen LogP contribution in [0.4, 0.5) is 10.1 Å². The van der Waals surface area contributed by atoms with Gasteiger partial charge in [0.25, 0.3) is 17.4 Å². The van der Waals surface area contributed by atoms with Crippen LogP contribution in [-0.4, -0.2) is 33.7 Å². The Hall–Kier alpha value is -4.47. The number of likely N-dealkylation sites (tertiary alicyclic amines) is 1. The molecule has 1 aromatic heterocycles. The molecule has 1 N–H and O–H groups in total. The number of hydrogen-bond acceptors (Lipinski definition) is 7. The number of furan rings is 1. The fraction of sp³-hybridized carbons (Fsp3) is 0.130. The monoisotopic (exact) mass is 452 g/mol. The molecule has 0 aliphatic carbocycles. The molecule has 0 saturated carbocycles. The van der Waals surface area contributed by atoms with Crippen LogP contribution in [0.15, 0.2) is 70.9 Å². The number of aliphatic hydroxyl groups is 1. The molecule has 3 aromatic rings.